The number of amides is 2. The highest BCUT2D eigenvalue weighted by Crippen LogP contribution is 2.32. The van der Waals surface area contributed by atoms with Crippen LogP contribution >= 0.6 is 24.0 Å². The molecule has 2 atom stereocenters. The number of rotatable bonds is 7. The van der Waals surface area contributed by atoms with Gasteiger partial charge in [0, 0.05) is 0 Å². The number of carbonyl (C=O) groups excluding carboxylic acids is 3. The van der Waals surface area contributed by atoms with Crippen LogP contribution < -0.4 is 10.4 Å². The molecule has 1 N–H and O–H groups in total. The van der Waals surface area contributed by atoms with Crippen LogP contribution in [0.1, 0.15) is 31.4 Å². The molecule has 0 spiro atoms. The Bertz CT molecular complexity index is 789. The molecule has 1 heterocycles. The van der Waals surface area contributed by atoms with Crippen LogP contribution in [0.4, 0.5) is 0 Å². The molecule has 1 fully saturated rings. The number of aryl methyl sites for hydroxylation is 1. The predicted octanol–water partition coefficient (Wildman–Crippen LogP) is 1.48. The fourth-order valence-electron chi connectivity index (χ4n) is 2.48. The van der Waals surface area contributed by atoms with E-state index in [1.54, 1.807) is 13.0 Å². The third kappa shape index (κ3) is 5.40. The Labute approximate surface area is 168 Å². The first-order valence-electron chi connectivity index (χ1n) is 8.55. The van der Waals surface area contributed by atoms with E-state index in [1.807, 2.05) is 38.1 Å². The summed E-state index contributed by atoms with van der Waals surface area (Å²) in [5.74, 6) is -2.58. The van der Waals surface area contributed by atoms with E-state index in [1.165, 1.54) is 4.90 Å². The zero-order valence-electron chi connectivity index (χ0n) is 15.4. The molecule has 0 bridgehead atoms. The standard InChI is InChI=1S/C19H22N2O4S2/c1-4-12(3)16(18(24)25)20-15(22)10-21-17(23)14(27-19(21)26)9-13-7-5-11(2)6-8-13/h5-9,12,16H,4,10H2,1-3H3,(H,20,22)(H,24,25)/p-1/b14-9+/t12-,16+/m1/s1. The van der Waals surface area contributed by atoms with Crippen molar-refractivity contribution in [3.63, 3.8) is 0 Å². The highest BCUT2D eigenvalue weighted by Gasteiger charge is 2.34. The van der Waals surface area contributed by atoms with Crippen molar-refractivity contribution >= 4 is 52.2 Å². The van der Waals surface area contributed by atoms with E-state index >= 15 is 0 Å². The van der Waals surface area contributed by atoms with E-state index in [-0.39, 0.29) is 22.7 Å². The fraction of sp³-hybridized carbons (Fsp3) is 0.368. The lowest BCUT2D eigenvalue weighted by atomic mass is 9.99. The molecule has 2 rings (SSSR count). The summed E-state index contributed by atoms with van der Waals surface area (Å²) < 4.78 is 0.266. The lowest BCUT2D eigenvalue weighted by Crippen LogP contribution is -2.53. The van der Waals surface area contributed by atoms with Crippen molar-refractivity contribution in [2.24, 2.45) is 5.92 Å². The average Bonchev–Trinajstić information content (AvgIpc) is 2.88. The second-order valence-corrected chi connectivity index (χ2v) is 8.10. The normalized spacial score (nSPS) is 17.9. The Balaban J connectivity index is 2.07. The Morgan fingerprint density at radius 2 is 1.96 bits per heavy atom. The minimum Gasteiger partial charge on any atom is -0.548 e. The van der Waals surface area contributed by atoms with E-state index in [0.717, 1.165) is 22.9 Å². The molecule has 144 valence electrons. The van der Waals surface area contributed by atoms with Gasteiger partial charge >= 0.3 is 0 Å². The van der Waals surface area contributed by atoms with Gasteiger partial charge in [-0.05, 0) is 24.5 Å². The molecular weight excluding hydrogens is 384 g/mol. The van der Waals surface area contributed by atoms with Crippen molar-refractivity contribution in [1.29, 1.82) is 0 Å². The first-order valence-corrected chi connectivity index (χ1v) is 9.77. The maximum Gasteiger partial charge on any atom is 0.266 e. The summed E-state index contributed by atoms with van der Waals surface area (Å²) in [6.45, 7) is 5.19. The molecular formula is C19H21N2O4S2-. The molecule has 0 unspecified atom stereocenters. The van der Waals surface area contributed by atoms with Gasteiger partial charge in [-0.15, -0.1) is 0 Å². The lowest BCUT2D eigenvalue weighted by Gasteiger charge is -2.26. The highest BCUT2D eigenvalue weighted by molar-refractivity contribution is 8.26. The van der Waals surface area contributed by atoms with Crippen LogP contribution in [-0.2, 0) is 14.4 Å². The van der Waals surface area contributed by atoms with Crippen LogP contribution in [0.3, 0.4) is 0 Å². The number of nitrogens with zero attached hydrogens (tertiary/aromatic N) is 1. The number of nitrogens with one attached hydrogen (secondary N) is 1. The van der Waals surface area contributed by atoms with Crippen molar-refractivity contribution in [3.05, 3.63) is 40.3 Å². The number of benzene rings is 1. The van der Waals surface area contributed by atoms with Gasteiger partial charge in [0.25, 0.3) is 5.91 Å². The number of carbonyl (C=O) groups is 3. The van der Waals surface area contributed by atoms with Crippen molar-refractivity contribution in [2.45, 2.75) is 33.2 Å². The predicted molar refractivity (Wildman–Crippen MR) is 107 cm³/mol. The first-order chi connectivity index (χ1) is 12.7. The minimum atomic E-state index is -1.35. The maximum absolute atomic E-state index is 12.6. The van der Waals surface area contributed by atoms with Gasteiger partial charge in [-0.1, -0.05) is 74.1 Å². The van der Waals surface area contributed by atoms with E-state index in [9.17, 15) is 19.5 Å². The lowest BCUT2D eigenvalue weighted by molar-refractivity contribution is -0.309. The van der Waals surface area contributed by atoms with E-state index in [0.29, 0.717) is 11.3 Å². The van der Waals surface area contributed by atoms with Crippen LogP contribution in [0.15, 0.2) is 29.2 Å². The Hall–Kier alpha value is -2.19. The Morgan fingerprint density at radius 3 is 2.52 bits per heavy atom. The molecule has 0 radical (unpaired) electrons. The van der Waals surface area contributed by atoms with Gasteiger partial charge in [-0.3, -0.25) is 14.5 Å². The van der Waals surface area contributed by atoms with Gasteiger partial charge in [0.2, 0.25) is 5.91 Å². The van der Waals surface area contributed by atoms with Crippen molar-refractivity contribution in [3.8, 4) is 0 Å². The SMILES string of the molecule is CC[C@@H](C)[C@H](NC(=O)CN1C(=O)/C(=C\c2ccc(C)cc2)SC1=S)C(=O)[O-]. The smallest absolute Gasteiger partial charge is 0.266 e. The molecule has 1 saturated heterocycles. The summed E-state index contributed by atoms with van der Waals surface area (Å²) in [5.41, 5.74) is 1.97. The zero-order chi connectivity index (χ0) is 20.1. The van der Waals surface area contributed by atoms with Crippen LogP contribution in [0.5, 0.6) is 0 Å². The Morgan fingerprint density at radius 1 is 1.33 bits per heavy atom. The molecule has 0 aliphatic carbocycles. The summed E-state index contributed by atoms with van der Waals surface area (Å²) >= 11 is 6.33. The van der Waals surface area contributed by atoms with Gasteiger partial charge < -0.3 is 15.2 Å². The molecule has 0 aromatic heterocycles. The zero-order valence-corrected chi connectivity index (χ0v) is 17.0. The number of carboxylic acids is 1. The van der Waals surface area contributed by atoms with Crippen LogP contribution in [0, 0.1) is 12.8 Å². The van der Waals surface area contributed by atoms with Gasteiger partial charge in [-0.25, -0.2) is 0 Å². The third-order valence-corrected chi connectivity index (χ3v) is 5.71. The quantitative estimate of drug-likeness (QED) is 0.546. The minimum absolute atomic E-state index is 0.266. The molecule has 1 aliphatic heterocycles. The molecule has 6 nitrogen and oxygen atoms in total. The summed E-state index contributed by atoms with van der Waals surface area (Å²) in [7, 11) is 0. The topological polar surface area (TPSA) is 89.5 Å². The summed E-state index contributed by atoms with van der Waals surface area (Å²) in [4.78, 5) is 37.7. The highest BCUT2D eigenvalue weighted by atomic mass is 32.2. The number of carboxylic acid groups (broad SMARTS) is 1. The monoisotopic (exact) mass is 405 g/mol. The second-order valence-electron chi connectivity index (χ2n) is 6.43. The maximum atomic E-state index is 12.6. The van der Waals surface area contributed by atoms with Crippen LogP contribution in [0.25, 0.3) is 6.08 Å². The number of hydrogen-bond donors (Lipinski definition) is 1. The fourth-order valence-corrected chi connectivity index (χ4v) is 3.74. The van der Waals surface area contributed by atoms with Gasteiger partial charge in [0.05, 0.1) is 16.9 Å². The van der Waals surface area contributed by atoms with Gasteiger partial charge in [-0.2, -0.15) is 0 Å². The molecule has 2 amide bonds. The number of thioether (sulfide) groups is 1. The van der Waals surface area contributed by atoms with Crippen molar-refractivity contribution in [2.75, 3.05) is 6.54 Å². The van der Waals surface area contributed by atoms with Gasteiger partial charge in [0.15, 0.2) is 0 Å². The van der Waals surface area contributed by atoms with Crippen LogP contribution in [-0.4, -0.2) is 39.6 Å². The largest absolute Gasteiger partial charge is 0.548 e. The third-order valence-electron chi connectivity index (χ3n) is 4.33. The van der Waals surface area contributed by atoms with E-state index < -0.39 is 17.9 Å². The average molecular weight is 406 g/mol. The van der Waals surface area contributed by atoms with Crippen LogP contribution in [0.2, 0.25) is 0 Å². The summed E-state index contributed by atoms with van der Waals surface area (Å²) in [6, 6.07) is 6.56. The molecule has 27 heavy (non-hydrogen) atoms. The summed E-state index contributed by atoms with van der Waals surface area (Å²) in [6.07, 6.45) is 2.29. The second kappa shape index (κ2) is 9.14. The van der Waals surface area contributed by atoms with E-state index in [4.69, 9.17) is 12.2 Å². The van der Waals surface area contributed by atoms with Crippen molar-refractivity contribution < 1.29 is 19.5 Å². The molecule has 0 saturated carbocycles. The summed E-state index contributed by atoms with van der Waals surface area (Å²) in [5, 5.41) is 13.7. The molecule has 1 aliphatic rings. The molecule has 1 aromatic rings. The Kier molecular flexibility index (Phi) is 7.15. The number of hydrogen-bond acceptors (Lipinski definition) is 6. The van der Waals surface area contributed by atoms with E-state index in [2.05, 4.69) is 5.32 Å². The molecule has 1 aromatic carbocycles. The number of thiocarbonyl (C=S) groups is 1. The number of aliphatic carboxylic acids is 1. The molecule has 8 heteroatoms. The van der Waals surface area contributed by atoms with Crippen molar-refractivity contribution in [1.82, 2.24) is 10.2 Å². The first kappa shape index (κ1) is 21.1. The van der Waals surface area contributed by atoms with Gasteiger partial charge in [0.1, 0.15) is 10.9 Å².